The summed E-state index contributed by atoms with van der Waals surface area (Å²) < 4.78 is 5.98. The van der Waals surface area contributed by atoms with Crippen molar-refractivity contribution in [1.82, 2.24) is 0 Å². The lowest BCUT2D eigenvalue weighted by atomic mass is 10.1. The second-order valence-electron chi connectivity index (χ2n) is 3.39. The molecule has 2 rings (SSSR count). The van der Waals surface area contributed by atoms with Crippen molar-refractivity contribution < 1.29 is 9.53 Å². The molecule has 0 aliphatic carbocycles. The maximum atomic E-state index is 12.1. The second-order valence-corrected chi connectivity index (χ2v) is 5.85. The molecular weight excluding hydrogens is 302 g/mol. The number of ketones is 1. The zero-order valence-electron chi connectivity index (χ0n) is 9.07. The van der Waals surface area contributed by atoms with Crippen molar-refractivity contribution in [2.45, 2.75) is 0 Å². The van der Waals surface area contributed by atoms with Gasteiger partial charge in [0.05, 0.1) is 21.5 Å². The van der Waals surface area contributed by atoms with Crippen molar-refractivity contribution in [1.29, 1.82) is 0 Å². The molecule has 0 fully saturated rings. The Kier molecular flexibility index (Phi) is 3.49. The SMILES string of the molecule is COc1ccc(C(=O)c2ccc(Br)s2)cc1N. The molecule has 1 aromatic heterocycles. The Morgan fingerprint density at radius 1 is 1.35 bits per heavy atom. The first kappa shape index (κ1) is 12.1. The number of thiophene rings is 1. The van der Waals surface area contributed by atoms with Gasteiger partial charge in [-0.2, -0.15) is 0 Å². The summed E-state index contributed by atoms with van der Waals surface area (Å²) in [6, 6.07) is 8.69. The average molecular weight is 312 g/mol. The van der Waals surface area contributed by atoms with Gasteiger partial charge in [0.25, 0.3) is 0 Å². The molecule has 0 aliphatic rings. The van der Waals surface area contributed by atoms with Crippen molar-refractivity contribution in [3.8, 4) is 5.75 Å². The minimum atomic E-state index is -0.0324. The molecule has 1 aromatic carbocycles. The summed E-state index contributed by atoms with van der Waals surface area (Å²) >= 11 is 4.73. The van der Waals surface area contributed by atoms with Crippen molar-refractivity contribution in [2.75, 3.05) is 12.8 Å². The molecular formula is C12H10BrNO2S. The molecule has 0 saturated carbocycles. The zero-order chi connectivity index (χ0) is 12.4. The number of hydrogen-bond acceptors (Lipinski definition) is 4. The monoisotopic (exact) mass is 311 g/mol. The maximum Gasteiger partial charge on any atom is 0.203 e. The van der Waals surface area contributed by atoms with Crippen LogP contribution in [-0.4, -0.2) is 12.9 Å². The first-order chi connectivity index (χ1) is 8.11. The Morgan fingerprint density at radius 3 is 2.65 bits per heavy atom. The maximum absolute atomic E-state index is 12.1. The van der Waals surface area contributed by atoms with E-state index in [0.29, 0.717) is 21.9 Å². The average Bonchev–Trinajstić information content (AvgIpc) is 2.75. The molecule has 88 valence electrons. The van der Waals surface area contributed by atoms with E-state index in [1.807, 2.05) is 6.07 Å². The number of hydrogen-bond donors (Lipinski definition) is 1. The first-order valence-corrected chi connectivity index (χ1v) is 6.46. The summed E-state index contributed by atoms with van der Waals surface area (Å²) in [4.78, 5) is 12.8. The number of halogens is 1. The van der Waals surface area contributed by atoms with Crippen molar-refractivity contribution in [2.24, 2.45) is 0 Å². The van der Waals surface area contributed by atoms with Crippen LogP contribution >= 0.6 is 27.3 Å². The van der Waals surface area contributed by atoms with Crippen LogP contribution in [0.2, 0.25) is 0 Å². The Balaban J connectivity index is 2.35. The number of nitrogens with two attached hydrogens (primary N) is 1. The molecule has 0 atom stereocenters. The fourth-order valence-corrected chi connectivity index (χ4v) is 2.80. The molecule has 0 aliphatic heterocycles. The van der Waals surface area contributed by atoms with Crippen LogP contribution in [0.1, 0.15) is 15.2 Å². The fraction of sp³-hybridized carbons (Fsp3) is 0.0833. The minimum Gasteiger partial charge on any atom is -0.495 e. The normalized spacial score (nSPS) is 10.2. The van der Waals surface area contributed by atoms with E-state index in [4.69, 9.17) is 10.5 Å². The molecule has 0 spiro atoms. The predicted octanol–water partition coefficient (Wildman–Crippen LogP) is 3.33. The number of carbonyl (C=O) groups excluding carboxylic acids is 1. The van der Waals surface area contributed by atoms with E-state index in [0.717, 1.165) is 3.79 Å². The quantitative estimate of drug-likeness (QED) is 0.698. The van der Waals surface area contributed by atoms with E-state index in [1.165, 1.54) is 11.3 Å². The standard InChI is InChI=1S/C12H10BrNO2S/c1-16-9-3-2-7(6-8(9)14)12(15)10-4-5-11(13)17-10/h2-6H,14H2,1H3. The molecule has 3 nitrogen and oxygen atoms in total. The largest absolute Gasteiger partial charge is 0.495 e. The van der Waals surface area contributed by atoms with Crippen molar-refractivity contribution in [3.63, 3.8) is 0 Å². The van der Waals surface area contributed by atoms with Crippen LogP contribution in [-0.2, 0) is 0 Å². The highest BCUT2D eigenvalue weighted by Crippen LogP contribution is 2.27. The lowest BCUT2D eigenvalue weighted by molar-refractivity contribution is 0.104. The van der Waals surface area contributed by atoms with Gasteiger partial charge in [0.15, 0.2) is 0 Å². The van der Waals surface area contributed by atoms with Gasteiger partial charge in [-0.15, -0.1) is 11.3 Å². The molecule has 17 heavy (non-hydrogen) atoms. The van der Waals surface area contributed by atoms with Crippen LogP contribution in [0.3, 0.4) is 0 Å². The van der Waals surface area contributed by atoms with Crippen LogP contribution in [0.4, 0.5) is 5.69 Å². The van der Waals surface area contributed by atoms with Crippen molar-refractivity contribution in [3.05, 3.63) is 44.6 Å². The third kappa shape index (κ3) is 2.50. The molecule has 0 amide bonds. The summed E-state index contributed by atoms with van der Waals surface area (Å²) in [7, 11) is 1.55. The van der Waals surface area contributed by atoms with Crippen LogP contribution in [0.5, 0.6) is 5.75 Å². The summed E-state index contributed by atoms with van der Waals surface area (Å²) in [5.41, 5.74) is 6.80. The Morgan fingerprint density at radius 2 is 2.12 bits per heavy atom. The molecule has 0 saturated heterocycles. The smallest absolute Gasteiger partial charge is 0.203 e. The molecule has 5 heteroatoms. The Hall–Kier alpha value is -1.33. The number of benzene rings is 1. The van der Waals surface area contributed by atoms with Crippen molar-refractivity contribution >= 4 is 38.7 Å². The van der Waals surface area contributed by atoms with E-state index < -0.39 is 0 Å². The number of nitrogen functional groups attached to an aromatic ring is 1. The van der Waals surface area contributed by atoms with E-state index in [9.17, 15) is 4.79 Å². The Labute approximate surface area is 111 Å². The van der Waals surface area contributed by atoms with Gasteiger partial charge in [-0.3, -0.25) is 4.79 Å². The van der Waals surface area contributed by atoms with Crippen LogP contribution in [0.15, 0.2) is 34.1 Å². The summed E-state index contributed by atoms with van der Waals surface area (Å²) in [6.07, 6.45) is 0. The van der Waals surface area contributed by atoms with Crippen LogP contribution in [0, 0.1) is 0 Å². The minimum absolute atomic E-state index is 0.0324. The highest BCUT2D eigenvalue weighted by molar-refractivity contribution is 9.11. The van der Waals surface area contributed by atoms with E-state index in [1.54, 1.807) is 31.4 Å². The third-order valence-corrected chi connectivity index (χ3v) is 3.91. The summed E-state index contributed by atoms with van der Waals surface area (Å²) in [5.74, 6) is 0.545. The molecule has 1 heterocycles. The third-order valence-electron chi connectivity index (χ3n) is 2.29. The van der Waals surface area contributed by atoms with Gasteiger partial charge in [-0.05, 0) is 46.3 Å². The van der Waals surface area contributed by atoms with Gasteiger partial charge in [0.1, 0.15) is 5.75 Å². The van der Waals surface area contributed by atoms with Crippen LogP contribution < -0.4 is 10.5 Å². The molecule has 2 aromatic rings. The van der Waals surface area contributed by atoms with Gasteiger partial charge in [0.2, 0.25) is 5.78 Å². The van der Waals surface area contributed by atoms with E-state index in [-0.39, 0.29) is 5.78 Å². The number of ether oxygens (including phenoxy) is 1. The zero-order valence-corrected chi connectivity index (χ0v) is 11.5. The van der Waals surface area contributed by atoms with E-state index in [2.05, 4.69) is 15.9 Å². The topological polar surface area (TPSA) is 52.3 Å². The number of anilines is 1. The van der Waals surface area contributed by atoms with Gasteiger partial charge in [-0.1, -0.05) is 0 Å². The Bertz CT molecular complexity index is 565. The molecule has 0 unspecified atom stereocenters. The first-order valence-electron chi connectivity index (χ1n) is 4.85. The number of carbonyl (C=O) groups is 1. The second kappa shape index (κ2) is 4.89. The lowest BCUT2D eigenvalue weighted by Gasteiger charge is -2.05. The van der Waals surface area contributed by atoms with E-state index >= 15 is 0 Å². The van der Waals surface area contributed by atoms with Gasteiger partial charge < -0.3 is 10.5 Å². The molecule has 0 bridgehead atoms. The highest BCUT2D eigenvalue weighted by Gasteiger charge is 2.12. The molecule has 0 radical (unpaired) electrons. The number of rotatable bonds is 3. The number of methoxy groups -OCH3 is 1. The van der Waals surface area contributed by atoms with Gasteiger partial charge >= 0.3 is 0 Å². The van der Waals surface area contributed by atoms with Gasteiger partial charge in [0, 0.05) is 5.56 Å². The summed E-state index contributed by atoms with van der Waals surface area (Å²) in [5, 5.41) is 0. The fourth-order valence-electron chi connectivity index (χ4n) is 1.45. The van der Waals surface area contributed by atoms with Gasteiger partial charge in [-0.25, -0.2) is 0 Å². The molecule has 2 N–H and O–H groups in total. The van der Waals surface area contributed by atoms with Crippen LogP contribution in [0.25, 0.3) is 0 Å². The highest BCUT2D eigenvalue weighted by atomic mass is 79.9. The lowest BCUT2D eigenvalue weighted by Crippen LogP contribution is -2.01. The predicted molar refractivity (Wildman–Crippen MR) is 72.9 cm³/mol. The summed E-state index contributed by atoms with van der Waals surface area (Å²) in [6.45, 7) is 0.